The van der Waals surface area contributed by atoms with Gasteiger partial charge in [0.1, 0.15) is 0 Å². The second-order valence-corrected chi connectivity index (χ2v) is 5.68. The third-order valence-corrected chi connectivity index (χ3v) is 4.48. The summed E-state index contributed by atoms with van der Waals surface area (Å²) in [7, 11) is 0. The lowest BCUT2D eigenvalue weighted by Crippen LogP contribution is -2.43. The molecule has 1 aromatic rings. The Labute approximate surface area is 110 Å². The molecule has 0 saturated carbocycles. The first-order valence-electron chi connectivity index (χ1n) is 6.14. The number of likely N-dealkylation sites (tertiary alicyclic amines) is 1. The standard InChI is InChI=1S/C13H17NO3S/c1-9(11-5-3-7-18-11)12(15)14-6-2-4-10(8-14)13(16)17/h3,5,7,9-10H,2,4,6,8H2,1H3,(H,16,17)/t9?,10-/m0/s1. The number of hydrogen-bond acceptors (Lipinski definition) is 3. The van der Waals surface area contributed by atoms with Crippen LogP contribution < -0.4 is 0 Å². The van der Waals surface area contributed by atoms with Gasteiger partial charge in [0.25, 0.3) is 0 Å². The molecule has 18 heavy (non-hydrogen) atoms. The predicted molar refractivity (Wildman–Crippen MR) is 69.7 cm³/mol. The van der Waals surface area contributed by atoms with E-state index in [0.29, 0.717) is 19.5 Å². The van der Waals surface area contributed by atoms with Crippen molar-refractivity contribution in [3.63, 3.8) is 0 Å². The Morgan fingerprint density at radius 3 is 2.94 bits per heavy atom. The van der Waals surface area contributed by atoms with Crippen molar-refractivity contribution in [3.8, 4) is 0 Å². The van der Waals surface area contributed by atoms with Crippen LogP contribution in [0.2, 0.25) is 0 Å². The van der Waals surface area contributed by atoms with Gasteiger partial charge in [0.15, 0.2) is 0 Å². The fourth-order valence-electron chi connectivity index (χ4n) is 2.31. The summed E-state index contributed by atoms with van der Waals surface area (Å²) in [5.41, 5.74) is 0. The maximum Gasteiger partial charge on any atom is 0.308 e. The molecule has 4 nitrogen and oxygen atoms in total. The number of carboxylic acid groups (broad SMARTS) is 1. The van der Waals surface area contributed by atoms with Gasteiger partial charge in [-0.05, 0) is 31.2 Å². The number of nitrogens with zero attached hydrogens (tertiary/aromatic N) is 1. The van der Waals surface area contributed by atoms with Crippen LogP contribution in [0.3, 0.4) is 0 Å². The maximum absolute atomic E-state index is 12.3. The molecule has 0 aliphatic carbocycles. The Kier molecular flexibility index (Phi) is 4.01. The molecule has 1 saturated heterocycles. The van der Waals surface area contributed by atoms with E-state index in [-0.39, 0.29) is 11.8 Å². The number of carboxylic acids is 1. The molecule has 0 aromatic carbocycles. The highest BCUT2D eigenvalue weighted by atomic mass is 32.1. The van der Waals surface area contributed by atoms with E-state index < -0.39 is 11.9 Å². The van der Waals surface area contributed by atoms with Gasteiger partial charge in [-0.3, -0.25) is 9.59 Å². The van der Waals surface area contributed by atoms with Crippen LogP contribution in [0.5, 0.6) is 0 Å². The second-order valence-electron chi connectivity index (χ2n) is 4.70. The molecule has 1 fully saturated rings. The molecule has 1 aliphatic heterocycles. The number of piperidine rings is 1. The topological polar surface area (TPSA) is 57.6 Å². The summed E-state index contributed by atoms with van der Waals surface area (Å²) in [4.78, 5) is 26.0. The van der Waals surface area contributed by atoms with E-state index in [1.807, 2.05) is 24.4 Å². The molecular weight excluding hydrogens is 250 g/mol. The highest BCUT2D eigenvalue weighted by Gasteiger charge is 2.30. The number of aliphatic carboxylic acids is 1. The minimum absolute atomic E-state index is 0.0448. The summed E-state index contributed by atoms with van der Waals surface area (Å²) in [5, 5.41) is 11.0. The average Bonchev–Trinajstić information content (AvgIpc) is 2.91. The van der Waals surface area contributed by atoms with Crippen molar-refractivity contribution in [3.05, 3.63) is 22.4 Å². The van der Waals surface area contributed by atoms with Crippen LogP contribution in [0.1, 0.15) is 30.6 Å². The van der Waals surface area contributed by atoms with Gasteiger partial charge in [0.2, 0.25) is 5.91 Å². The van der Waals surface area contributed by atoms with Crippen molar-refractivity contribution in [2.24, 2.45) is 5.92 Å². The molecule has 0 spiro atoms. The van der Waals surface area contributed by atoms with Gasteiger partial charge < -0.3 is 10.0 Å². The first-order valence-corrected chi connectivity index (χ1v) is 7.02. The van der Waals surface area contributed by atoms with Gasteiger partial charge in [-0.25, -0.2) is 0 Å². The van der Waals surface area contributed by atoms with Crippen molar-refractivity contribution < 1.29 is 14.7 Å². The quantitative estimate of drug-likeness (QED) is 0.913. The van der Waals surface area contributed by atoms with Crippen molar-refractivity contribution in [1.82, 2.24) is 4.90 Å². The van der Waals surface area contributed by atoms with Crippen LogP contribution in [0.4, 0.5) is 0 Å². The van der Waals surface area contributed by atoms with Crippen LogP contribution in [-0.4, -0.2) is 35.0 Å². The number of thiophene rings is 1. The summed E-state index contributed by atoms with van der Waals surface area (Å²) in [6.45, 7) is 2.92. The number of carbonyl (C=O) groups excluding carboxylic acids is 1. The van der Waals surface area contributed by atoms with Crippen LogP contribution in [-0.2, 0) is 9.59 Å². The zero-order chi connectivity index (χ0) is 13.1. The highest BCUT2D eigenvalue weighted by Crippen LogP contribution is 2.25. The van der Waals surface area contributed by atoms with E-state index in [1.165, 1.54) is 0 Å². The Balaban J connectivity index is 2.02. The van der Waals surface area contributed by atoms with Gasteiger partial charge in [-0.2, -0.15) is 0 Å². The molecule has 5 heteroatoms. The normalized spacial score (nSPS) is 21.6. The summed E-state index contributed by atoms with van der Waals surface area (Å²) in [5.74, 6) is -1.32. The molecule has 2 heterocycles. The SMILES string of the molecule is CC(C(=O)N1CCC[C@H](C(=O)O)C1)c1cccs1. The summed E-state index contributed by atoms with van der Waals surface area (Å²) in [6, 6.07) is 3.88. The molecule has 0 radical (unpaired) electrons. The summed E-state index contributed by atoms with van der Waals surface area (Å²) < 4.78 is 0. The zero-order valence-electron chi connectivity index (χ0n) is 10.3. The van der Waals surface area contributed by atoms with Crippen molar-refractivity contribution in [2.45, 2.75) is 25.7 Å². The lowest BCUT2D eigenvalue weighted by Gasteiger charge is -2.32. The molecule has 2 rings (SSSR count). The zero-order valence-corrected chi connectivity index (χ0v) is 11.2. The van der Waals surface area contributed by atoms with E-state index in [1.54, 1.807) is 16.2 Å². The smallest absolute Gasteiger partial charge is 0.308 e. The van der Waals surface area contributed by atoms with Crippen molar-refractivity contribution >= 4 is 23.2 Å². The molecule has 1 amide bonds. The third-order valence-electron chi connectivity index (χ3n) is 3.42. The minimum atomic E-state index is -0.795. The number of carbonyl (C=O) groups is 2. The van der Waals surface area contributed by atoms with Crippen molar-refractivity contribution in [2.75, 3.05) is 13.1 Å². The Hall–Kier alpha value is -1.36. The molecule has 2 atom stereocenters. The van der Waals surface area contributed by atoms with E-state index in [4.69, 9.17) is 5.11 Å². The number of amides is 1. The fourth-order valence-corrected chi connectivity index (χ4v) is 3.09. The second kappa shape index (κ2) is 5.52. The molecule has 98 valence electrons. The highest BCUT2D eigenvalue weighted by molar-refractivity contribution is 7.10. The van der Waals surface area contributed by atoms with Gasteiger partial charge in [-0.15, -0.1) is 11.3 Å². The lowest BCUT2D eigenvalue weighted by atomic mass is 9.96. The van der Waals surface area contributed by atoms with Gasteiger partial charge in [0, 0.05) is 18.0 Å². The summed E-state index contributed by atoms with van der Waals surface area (Å²) in [6.07, 6.45) is 1.45. The first-order chi connectivity index (χ1) is 8.59. The van der Waals surface area contributed by atoms with Gasteiger partial charge >= 0.3 is 5.97 Å². The van der Waals surface area contributed by atoms with Gasteiger partial charge in [0.05, 0.1) is 11.8 Å². The van der Waals surface area contributed by atoms with E-state index in [9.17, 15) is 9.59 Å². The Morgan fingerprint density at radius 2 is 2.33 bits per heavy atom. The minimum Gasteiger partial charge on any atom is -0.481 e. The third kappa shape index (κ3) is 2.72. The van der Waals surface area contributed by atoms with Gasteiger partial charge in [-0.1, -0.05) is 6.07 Å². The molecule has 1 N–H and O–H groups in total. The molecule has 1 aliphatic rings. The van der Waals surface area contributed by atoms with Crippen LogP contribution in [0.15, 0.2) is 17.5 Å². The summed E-state index contributed by atoms with van der Waals surface area (Å²) >= 11 is 1.57. The van der Waals surface area contributed by atoms with Crippen LogP contribution >= 0.6 is 11.3 Å². The van der Waals surface area contributed by atoms with E-state index in [2.05, 4.69) is 0 Å². The predicted octanol–water partition coefficient (Wildman–Crippen LogP) is 2.17. The Morgan fingerprint density at radius 1 is 1.56 bits per heavy atom. The van der Waals surface area contributed by atoms with Crippen LogP contribution in [0.25, 0.3) is 0 Å². The van der Waals surface area contributed by atoms with Crippen LogP contribution in [0, 0.1) is 5.92 Å². The van der Waals surface area contributed by atoms with E-state index >= 15 is 0 Å². The fraction of sp³-hybridized carbons (Fsp3) is 0.538. The molecule has 0 bridgehead atoms. The maximum atomic E-state index is 12.3. The largest absolute Gasteiger partial charge is 0.481 e. The molecule has 1 aromatic heterocycles. The monoisotopic (exact) mass is 267 g/mol. The van der Waals surface area contributed by atoms with Crippen molar-refractivity contribution in [1.29, 1.82) is 0 Å². The molecular formula is C13H17NO3S. The average molecular weight is 267 g/mol. The van der Waals surface area contributed by atoms with E-state index in [0.717, 1.165) is 11.3 Å². The Bertz CT molecular complexity index is 429. The molecule has 1 unspecified atom stereocenters. The lowest BCUT2D eigenvalue weighted by molar-refractivity contribution is -0.146. The number of rotatable bonds is 3. The first kappa shape index (κ1) is 13.1. The number of hydrogen-bond donors (Lipinski definition) is 1.